The molecule has 1 saturated carbocycles. The molecule has 28 heavy (non-hydrogen) atoms. The Morgan fingerprint density at radius 3 is 2.29 bits per heavy atom. The minimum Gasteiger partial charge on any atom is -0.480 e. The van der Waals surface area contributed by atoms with Crippen molar-refractivity contribution in [3.8, 4) is 5.95 Å². The molecule has 8 heteroatoms. The van der Waals surface area contributed by atoms with Gasteiger partial charge in [0.1, 0.15) is 5.54 Å². The fourth-order valence-corrected chi connectivity index (χ4v) is 3.95. The molecule has 2 heterocycles. The number of carboxylic acids is 1. The van der Waals surface area contributed by atoms with Gasteiger partial charge in [-0.2, -0.15) is 5.10 Å². The Hall–Kier alpha value is -2.77. The van der Waals surface area contributed by atoms with Crippen molar-refractivity contribution in [3.63, 3.8) is 0 Å². The van der Waals surface area contributed by atoms with Crippen LogP contribution in [0.15, 0.2) is 6.07 Å². The molecule has 150 valence electrons. The highest BCUT2D eigenvalue weighted by atomic mass is 16.4. The topological polar surface area (TPSA) is 110 Å². The van der Waals surface area contributed by atoms with Gasteiger partial charge in [-0.3, -0.25) is 4.79 Å². The Labute approximate surface area is 164 Å². The van der Waals surface area contributed by atoms with E-state index in [1.54, 1.807) is 4.68 Å². The van der Waals surface area contributed by atoms with Crippen molar-refractivity contribution >= 4 is 11.9 Å². The number of hydrogen-bond acceptors (Lipinski definition) is 5. The van der Waals surface area contributed by atoms with Crippen LogP contribution in [-0.2, 0) is 16.0 Å². The van der Waals surface area contributed by atoms with Crippen molar-refractivity contribution in [1.29, 1.82) is 0 Å². The molecule has 0 radical (unpaired) electrons. The molecule has 0 bridgehead atoms. The van der Waals surface area contributed by atoms with Crippen LogP contribution in [0.4, 0.5) is 0 Å². The van der Waals surface area contributed by atoms with Crippen LogP contribution >= 0.6 is 0 Å². The molecule has 0 aromatic carbocycles. The number of rotatable bonds is 5. The van der Waals surface area contributed by atoms with Crippen molar-refractivity contribution in [3.05, 3.63) is 34.4 Å². The largest absolute Gasteiger partial charge is 0.480 e. The summed E-state index contributed by atoms with van der Waals surface area (Å²) in [6.07, 6.45) is 3.66. The van der Waals surface area contributed by atoms with Crippen molar-refractivity contribution in [2.75, 3.05) is 0 Å². The maximum atomic E-state index is 12.7. The van der Waals surface area contributed by atoms with Crippen molar-refractivity contribution in [2.24, 2.45) is 0 Å². The SMILES string of the molecule is Cc1cc(C)nc(-n2nc(C)c(CC(=O)NC3(C(=O)O)CCCCC3)c2C)n1. The van der Waals surface area contributed by atoms with E-state index in [0.29, 0.717) is 24.5 Å². The van der Waals surface area contributed by atoms with Gasteiger partial charge in [0.25, 0.3) is 5.95 Å². The number of amides is 1. The highest BCUT2D eigenvalue weighted by Gasteiger charge is 2.41. The molecule has 1 aliphatic rings. The van der Waals surface area contributed by atoms with E-state index in [1.807, 2.05) is 33.8 Å². The fourth-order valence-electron chi connectivity index (χ4n) is 3.95. The number of aliphatic carboxylic acids is 1. The van der Waals surface area contributed by atoms with Crippen LogP contribution in [0.1, 0.15) is 60.4 Å². The lowest BCUT2D eigenvalue weighted by molar-refractivity contribution is -0.149. The van der Waals surface area contributed by atoms with Gasteiger partial charge in [-0.05, 0) is 46.6 Å². The van der Waals surface area contributed by atoms with Gasteiger partial charge in [-0.1, -0.05) is 19.3 Å². The Balaban J connectivity index is 1.84. The summed E-state index contributed by atoms with van der Waals surface area (Å²) in [6.45, 7) is 7.50. The first-order valence-corrected chi connectivity index (χ1v) is 9.64. The number of aryl methyl sites for hydroxylation is 3. The van der Waals surface area contributed by atoms with Crippen molar-refractivity contribution in [2.45, 2.75) is 71.8 Å². The Morgan fingerprint density at radius 1 is 1.11 bits per heavy atom. The second-order valence-electron chi connectivity index (χ2n) is 7.68. The summed E-state index contributed by atoms with van der Waals surface area (Å²) < 4.78 is 1.64. The van der Waals surface area contributed by atoms with Gasteiger partial charge in [0.05, 0.1) is 12.1 Å². The van der Waals surface area contributed by atoms with E-state index in [-0.39, 0.29) is 12.3 Å². The summed E-state index contributed by atoms with van der Waals surface area (Å²) >= 11 is 0. The molecule has 2 aromatic rings. The molecule has 3 rings (SSSR count). The van der Waals surface area contributed by atoms with Crippen LogP contribution in [-0.4, -0.2) is 42.3 Å². The summed E-state index contributed by atoms with van der Waals surface area (Å²) in [5.74, 6) is -0.774. The Bertz CT molecular complexity index is 893. The first kappa shape index (κ1) is 20.0. The third kappa shape index (κ3) is 3.90. The molecule has 0 atom stereocenters. The lowest BCUT2D eigenvalue weighted by atomic mass is 9.81. The number of nitrogens with zero attached hydrogens (tertiary/aromatic N) is 4. The van der Waals surface area contributed by atoms with Gasteiger partial charge in [-0.15, -0.1) is 0 Å². The fraction of sp³-hybridized carbons (Fsp3) is 0.550. The van der Waals surface area contributed by atoms with E-state index < -0.39 is 11.5 Å². The molecule has 0 spiro atoms. The maximum absolute atomic E-state index is 12.7. The van der Waals surface area contributed by atoms with Gasteiger partial charge in [-0.25, -0.2) is 19.4 Å². The minimum atomic E-state index is -1.15. The second-order valence-corrected chi connectivity index (χ2v) is 7.68. The van der Waals surface area contributed by atoms with Crippen LogP contribution in [0, 0.1) is 27.7 Å². The molecule has 1 aliphatic carbocycles. The van der Waals surface area contributed by atoms with Crippen molar-refractivity contribution < 1.29 is 14.7 Å². The summed E-state index contributed by atoms with van der Waals surface area (Å²) in [7, 11) is 0. The van der Waals surface area contributed by atoms with E-state index in [1.165, 1.54) is 0 Å². The normalized spacial score (nSPS) is 16.0. The zero-order valence-electron chi connectivity index (χ0n) is 16.9. The lowest BCUT2D eigenvalue weighted by Gasteiger charge is -2.34. The van der Waals surface area contributed by atoms with Crippen LogP contribution in [0.5, 0.6) is 0 Å². The lowest BCUT2D eigenvalue weighted by Crippen LogP contribution is -2.56. The Morgan fingerprint density at radius 2 is 1.71 bits per heavy atom. The standard InChI is InChI=1S/C20H27N5O3/c1-12-10-13(2)22-19(21-12)25-15(4)16(14(3)24-25)11-17(26)23-20(18(27)28)8-6-5-7-9-20/h10H,5-9,11H2,1-4H3,(H,23,26)(H,27,28). The molecule has 8 nitrogen and oxygen atoms in total. The number of nitrogens with one attached hydrogen (secondary N) is 1. The summed E-state index contributed by atoms with van der Waals surface area (Å²) in [4.78, 5) is 33.4. The minimum absolute atomic E-state index is 0.0808. The van der Waals surface area contributed by atoms with E-state index >= 15 is 0 Å². The molecule has 0 unspecified atom stereocenters. The first-order valence-electron chi connectivity index (χ1n) is 9.64. The third-order valence-electron chi connectivity index (χ3n) is 5.43. The van der Waals surface area contributed by atoms with E-state index in [2.05, 4.69) is 20.4 Å². The van der Waals surface area contributed by atoms with Gasteiger partial charge >= 0.3 is 5.97 Å². The van der Waals surface area contributed by atoms with E-state index in [0.717, 1.165) is 41.9 Å². The van der Waals surface area contributed by atoms with Crippen LogP contribution in [0.25, 0.3) is 5.95 Å². The summed E-state index contributed by atoms with van der Waals surface area (Å²) in [5.41, 5.74) is 2.81. The summed E-state index contributed by atoms with van der Waals surface area (Å²) in [5, 5.41) is 17.0. The van der Waals surface area contributed by atoms with E-state index in [9.17, 15) is 14.7 Å². The van der Waals surface area contributed by atoms with E-state index in [4.69, 9.17) is 0 Å². The van der Waals surface area contributed by atoms with Gasteiger partial charge in [0.15, 0.2) is 0 Å². The number of carbonyl (C=O) groups is 2. The molecule has 0 saturated heterocycles. The molecular weight excluding hydrogens is 358 g/mol. The average molecular weight is 385 g/mol. The third-order valence-corrected chi connectivity index (χ3v) is 5.43. The molecule has 1 fully saturated rings. The maximum Gasteiger partial charge on any atom is 0.329 e. The van der Waals surface area contributed by atoms with Gasteiger partial charge < -0.3 is 10.4 Å². The molecule has 0 aliphatic heterocycles. The quantitative estimate of drug-likeness (QED) is 0.817. The highest BCUT2D eigenvalue weighted by Crippen LogP contribution is 2.29. The number of carboxylic acid groups (broad SMARTS) is 1. The molecular formula is C20H27N5O3. The summed E-state index contributed by atoms with van der Waals surface area (Å²) in [6, 6.07) is 1.89. The molecule has 2 N–H and O–H groups in total. The highest BCUT2D eigenvalue weighted by molar-refractivity contribution is 5.88. The van der Waals surface area contributed by atoms with Gasteiger partial charge in [0.2, 0.25) is 5.91 Å². The van der Waals surface area contributed by atoms with Crippen LogP contribution in [0.3, 0.4) is 0 Å². The molecule has 2 aromatic heterocycles. The number of carbonyl (C=O) groups excluding carboxylic acids is 1. The number of hydrogen-bond donors (Lipinski definition) is 2. The zero-order valence-corrected chi connectivity index (χ0v) is 16.9. The van der Waals surface area contributed by atoms with Crippen LogP contribution in [0.2, 0.25) is 0 Å². The monoisotopic (exact) mass is 385 g/mol. The van der Waals surface area contributed by atoms with Gasteiger partial charge in [0, 0.05) is 22.6 Å². The first-order chi connectivity index (χ1) is 13.2. The predicted molar refractivity (Wildman–Crippen MR) is 103 cm³/mol. The zero-order chi connectivity index (χ0) is 20.5. The van der Waals surface area contributed by atoms with Crippen LogP contribution < -0.4 is 5.32 Å². The Kier molecular flexibility index (Phi) is 5.49. The predicted octanol–water partition coefficient (Wildman–Crippen LogP) is 2.34. The average Bonchev–Trinajstić information content (AvgIpc) is 2.89. The second kappa shape index (κ2) is 7.69. The smallest absolute Gasteiger partial charge is 0.329 e. The number of aromatic nitrogens is 4. The molecule has 1 amide bonds. The van der Waals surface area contributed by atoms with Crippen molar-refractivity contribution in [1.82, 2.24) is 25.1 Å².